The summed E-state index contributed by atoms with van der Waals surface area (Å²) in [5, 5.41) is 0.789. The highest BCUT2D eigenvalue weighted by Crippen LogP contribution is 2.34. The normalized spacial score (nSPS) is 23.0. The first-order chi connectivity index (χ1) is 16.4. The lowest BCUT2D eigenvalue weighted by molar-refractivity contribution is -0.167. The Hall–Kier alpha value is -1.40. The van der Waals surface area contributed by atoms with E-state index in [0.29, 0.717) is 10.0 Å². The topological polar surface area (TPSA) is 104 Å². The van der Waals surface area contributed by atoms with Gasteiger partial charge in [0, 0.05) is 29.1 Å². The molecule has 2 saturated heterocycles. The number of piperazine rings is 1. The van der Waals surface area contributed by atoms with Gasteiger partial charge >= 0.3 is 0 Å². The van der Waals surface area contributed by atoms with Crippen molar-refractivity contribution in [2.24, 2.45) is 5.73 Å². The average molecular weight is 641 g/mol. The standard InChI is InChI=1S/C23H25Cl3N4O4S.BrH/c1-13(2)28-12-21-29(35(33,34)20-8-7-16(25)10-17(20)26)11-18(27)22(31)30(21)19(23(28)32)9-14-3-5-15(24)6-4-14;/h3-8,10,13,18-19,21H,9,11-12,27H2,1-2H3;1H. The molecule has 0 radical (unpaired) electrons. The molecule has 3 unspecified atom stereocenters. The second-order valence-corrected chi connectivity index (χ2v) is 12.1. The van der Waals surface area contributed by atoms with Crippen LogP contribution < -0.4 is 5.73 Å². The van der Waals surface area contributed by atoms with E-state index in [2.05, 4.69) is 0 Å². The molecule has 2 N–H and O–H groups in total. The summed E-state index contributed by atoms with van der Waals surface area (Å²) in [6.45, 7) is 3.46. The SMILES string of the molecule is Br.CC(C)N1CC2N(C(=O)C(N)CN2S(=O)(=O)c2ccc(Cl)cc2Cl)C(Cc2ccc(Cl)cc2)C1=O. The molecule has 0 aliphatic carbocycles. The maximum atomic E-state index is 13.8. The van der Waals surface area contributed by atoms with E-state index in [-0.39, 0.29) is 58.4 Å². The van der Waals surface area contributed by atoms with E-state index in [1.54, 1.807) is 29.2 Å². The third-order valence-electron chi connectivity index (χ3n) is 6.31. The Morgan fingerprint density at radius 3 is 2.17 bits per heavy atom. The molecule has 0 spiro atoms. The van der Waals surface area contributed by atoms with Crippen molar-refractivity contribution in [1.82, 2.24) is 14.1 Å². The van der Waals surface area contributed by atoms with Crippen molar-refractivity contribution in [3.05, 3.63) is 63.1 Å². The zero-order chi connectivity index (χ0) is 25.7. The predicted octanol–water partition coefficient (Wildman–Crippen LogP) is 3.57. The van der Waals surface area contributed by atoms with Crippen molar-refractivity contribution >= 4 is 73.6 Å². The van der Waals surface area contributed by atoms with E-state index in [0.717, 1.165) is 5.56 Å². The maximum Gasteiger partial charge on any atom is 0.246 e. The Labute approximate surface area is 236 Å². The summed E-state index contributed by atoms with van der Waals surface area (Å²) in [5.74, 6) is -0.741. The first kappa shape index (κ1) is 29.2. The lowest BCUT2D eigenvalue weighted by Gasteiger charge is -2.53. The lowest BCUT2D eigenvalue weighted by atomic mass is 9.96. The Kier molecular flexibility index (Phi) is 9.03. The number of hydrogen-bond acceptors (Lipinski definition) is 5. The molecule has 2 aromatic rings. The third kappa shape index (κ3) is 5.41. The van der Waals surface area contributed by atoms with Crippen molar-refractivity contribution in [2.75, 3.05) is 13.1 Å². The highest BCUT2D eigenvalue weighted by molar-refractivity contribution is 8.93. The molecule has 2 aliphatic heterocycles. The average Bonchev–Trinajstić information content (AvgIpc) is 2.78. The van der Waals surface area contributed by atoms with Crippen molar-refractivity contribution < 1.29 is 18.0 Å². The molecule has 2 amide bonds. The van der Waals surface area contributed by atoms with Gasteiger partial charge < -0.3 is 15.5 Å². The highest BCUT2D eigenvalue weighted by atomic mass is 79.9. The number of fused-ring (bicyclic) bond motifs is 1. The number of carbonyl (C=O) groups excluding carboxylic acids is 2. The van der Waals surface area contributed by atoms with Gasteiger partial charge in [-0.1, -0.05) is 46.9 Å². The van der Waals surface area contributed by atoms with Crippen LogP contribution in [0.25, 0.3) is 0 Å². The Balaban J connectivity index is 0.00000361. The fraction of sp³-hybridized carbons (Fsp3) is 0.391. The molecule has 196 valence electrons. The van der Waals surface area contributed by atoms with Gasteiger partial charge in [0.2, 0.25) is 21.8 Å². The first-order valence-electron chi connectivity index (χ1n) is 11.0. The van der Waals surface area contributed by atoms with Gasteiger partial charge in [0.25, 0.3) is 0 Å². The molecule has 0 bridgehead atoms. The predicted molar refractivity (Wildman–Crippen MR) is 145 cm³/mol. The van der Waals surface area contributed by atoms with Crippen LogP contribution in [-0.2, 0) is 26.0 Å². The number of hydrogen-bond donors (Lipinski definition) is 1. The summed E-state index contributed by atoms with van der Waals surface area (Å²) in [5.41, 5.74) is 6.91. The van der Waals surface area contributed by atoms with Gasteiger partial charge in [-0.2, -0.15) is 4.31 Å². The third-order valence-corrected chi connectivity index (χ3v) is 9.15. The van der Waals surface area contributed by atoms with E-state index in [4.69, 9.17) is 40.5 Å². The minimum Gasteiger partial charge on any atom is -0.335 e. The van der Waals surface area contributed by atoms with Crippen LogP contribution in [0.15, 0.2) is 47.4 Å². The minimum absolute atomic E-state index is 0. The van der Waals surface area contributed by atoms with Gasteiger partial charge in [0.05, 0.1) is 17.6 Å². The van der Waals surface area contributed by atoms with E-state index >= 15 is 0 Å². The zero-order valence-electron chi connectivity index (χ0n) is 19.5. The van der Waals surface area contributed by atoms with Crippen LogP contribution in [0.2, 0.25) is 15.1 Å². The second kappa shape index (κ2) is 11.1. The van der Waals surface area contributed by atoms with E-state index < -0.39 is 34.2 Å². The van der Waals surface area contributed by atoms with Gasteiger partial charge in [-0.25, -0.2) is 8.42 Å². The van der Waals surface area contributed by atoms with Crippen LogP contribution in [0.4, 0.5) is 0 Å². The Bertz CT molecular complexity index is 1260. The van der Waals surface area contributed by atoms with Crippen LogP contribution in [0.5, 0.6) is 0 Å². The van der Waals surface area contributed by atoms with Crippen LogP contribution >= 0.6 is 51.8 Å². The molecular weight excluding hydrogens is 615 g/mol. The number of nitrogens with zero attached hydrogens (tertiary/aromatic N) is 3. The zero-order valence-corrected chi connectivity index (χ0v) is 24.3. The maximum absolute atomic E-state index is 13.8. The summed E-state index contributed by atoms with van der Waals surface area (Å²) in [4.78, 5) is 29.6. The summed E-state index contributed by atoms with van der Waals surface area (Å²) < 4.78 is 28.7. The lowest BCUT2D eigenvalue weighted by Crippen LogP contribution is -2.75. The molecule has 2 fully saturated rings. The summed E-state index contributed by atoms with van der Waals surface area (Å²) in [6.07, 6.45) is -0.763. The minimum atomic E-state index is -4.19. The van der Waals surface area contributed by atoms with Gasteiger partial charge in [-0.05, 0) is 49.7 Å². The van der Waals surface area contributed by atoms with Gasteiger partial charge in [0.1, 0.15) is 17.1 Å². The number of benzene rings is 2. The largest absolute Gasteiger partial charge is 0.335 e. The molecule has 13 heteroatoms. The van der Waals surface area contributed by atoms with Crippen molar-refractivity contribution in [3.63, 3.8) is 0 Å². The number of nitrogens with two attached hydrogens (primary N) is 1. The molecule has 2 aliphatic rings. The first-order valence-corrected chi connectivity index (χ1v) is 13.6. The summed E-state index contributed by atoms with van der Waals surface area (Å²) >= 11 is 18.2. The van der Waals surface area contributed by atoms with Gasteiger partial charge in [-0.15, -0.1) is 17.0 Å². The Morgan fingerprint density at radius 1 is 0.972 bits per heavy atom. The molecule has 0 saturated carbocycles. The number of amides is 2. The number of halogens is 4. The molecule has 8 nitrogen and oxygen atoms in total. The Morgan fingerprint density at radius 2 is 1.58 bits per heavy atom. The fourth-order valence-electron chi connectivity index (χ4n) is 4.55. The van der Waals surface area contributed by atoms with Gasteiger partial charge in [-0.3, -0.25) is 9.59 Å². The molecular formula is C23H26BrCl3N4O4S. The van der Waals surface area contributed by atoms with Crippen LogP contribution in [-0.4, -0.2) is 71.7 Å². The summed E-state index contributed by atoms with van der Waals surface area (Å²) in [7, 11) is -4.19. The molecule has 36 heavy (non-hydrogen) atoms. The van der Waals surface area contributed by atoms with Crippen molar-refractivity contribution in [2.45, 2.75) is 49.5 Å². The quantitative estimate of drug-likeness (QED) is 0.539. The highest BCUT2D eigenvalue weighted by Gasteiger charge is 2.53. The smallest absolute Gasteiger partial charge is 0.246 e. The summed E-state index contributed by atoms with van der Waals surface area (Å²) in [6, 6.07) is 8.75. The van der Waals surface area contributed by atoms with Crippen molar-refractivity contribution in [1.29, 1.82) is 0 Å². The number of sulfonamides is 1. The molecule has 4 rings (SSSR count). The van der Waals surface area contributed by atoms with Crippen LogP contribution in [0, 0.1) is 0 Å². The van der Waals surface area contributed by atoms with Crippen molar-refractivity contribution in [3.8, 4) is 0 Å². The van der Waals surface area contributed by atoms with E-state index in [1.807, 2.05) is 13.8 Å². The molecule has 3 atom stereocenters. The van der Waals surface area contributed by atoms with Crippen LogP contribution in [0.3, 0.4) is 0 Å². The number of rotatable bonds is 5. The van der Waals surface area contributed by atoms with Crippen LogP contribution in [0.1, 0.15) is 19.4 Å². The fourth-order valence-corrected chi connectivity index (χ4v) is 7.02. The second-order valence-electron chi connectivity index (χ2n) is 8.91. The van der Waals surface area contributed by atoms with E-state index in [1.165, 1.54) is 27.4 Å². The molecule has 2 heterocycles. The molecule has 2 aromatic carbocycles. The van der Waals surface area contributed by atoms with E-state index in [9.17, 15) is 18.0 Å². The monoisotopic (exact) mass is 638 g/mol. The van der Waals surface area contributed by atoms with Gasteiger partial charge in [0.15, 0.2) is 0 Å². The molecule has 0 aromatic heterocycles. The number of carbonyl (C=O) groups is 2.